The van der Waals surface area contributed by atoms with Crippen LogP contribution >= 0.6 is 0 Å². The highest BCUT2D eigenvalue weighted by Crippen LogP contribution is 2.36. The molecule has 0 saturated carbocycles. The number of hydrogen-bond donors (Lipinski definition) is 0. The van der Waals surface area contributed by atoms with Gasteiger partial charge in [0.2, 0.25) is 0 Å². The first-order chi connectivity index (χ1) is 16.0. The molecule has 0 bridgehead atoms. The number of rotatable bonds is 6. The van der Waals surface area contributed by atoms with Gasteiger partial charge < -0.3 is 28.7 Å². The van der Waals surface area contributed by atoms with Crippen LogP contribution < -0.4 is 19.1 Å². The molecule has 11 nitrogen and oxygen atoms in total. The van der Waals surface area contributed by atoms with Crippen LogP contribution in [0.3, 0.4) is 0 Å². The van der Waals surface area contributed by atoms with E-state index in [4.69, 9.17) is 18.9 Å². The predicted molar refractivity (Wildman–Crippen MR) is 116 cm³/mol. The molecule has 0 unspecified atom stereocenters. The Balaban J connectivity index is 1.33. The summed E-state index contributed by atoms with van der Waals surface area (Å²) in [6.07, 6.45) is 0. The third kappa shape index (κ3) is 4.92. The number of fused-ring (bicyclic) bond motifs is 1. The Morgan fingerprint density at radius 2 is 1.67 bits per heavy atom. The average molecular weight is 457 g/mol. The molecule has 11 heteroatoms. The third-order valence-electron chi connectivity index (χ3n) is 5.47. The van der Waals surface area contributed by atoms with Crippen molar-refractivity contribution in [1.82, 2.24) is 4.90 Å². The molecular weight excluding hydrogens is 434 g/mol. The fourth-order valence-electron chi connectivity index (χ4n) is 3.70. The van der Waals surface area contributed by atoms with Gasteiger partial charge >= 0.3 is 5.97 Å². The molecule has 4 rings (SSSR count). The van der Waals surface area contributed by atoms with Crippen molar-refractivity contribution in [3.63, 3.8) is 0 Å². The minimum atomic E-state index is -0.969. The summed E-state index contributed by atoms with van der Waals surface area (Å²) >= 11 is 0. The lowest BCUT2D eigenvalue weighted by molar-refractivity contribution is -0.385. The maximum Gasteiger partial charge on any atom is 0.345 e. The second kappa shape index (κ2) is 9.63. The first-order valence-electron chi connectivity index (χ1n) is 10.4. The molecule has 0 aliphatic carbocycles. The molecule has 1 amide bonds. The zero-order valence-electron chi connectivity index (χ0n) is 18.0. The maximum absolute atomic E-state index is 12.5. The van der Waals surface area contributed by atoms with Crippen LogP contribution in [0.1, 0.15) is 10.4 Å². The van der Waals surface area contributed by atoms with E-state index in [9.17, 15) is 19.7 Å². The van der Waals surface area contributed by atoms with Gasteiger partial charge in [0.1, 0.15) is 24.5 Å². The van der Waals surface area contributed by atoms with Gasteiger partial charge in [-0.05, 0) is 24.3 Å². The number of anilines is 1. The van der Waals surface area contributed by atoms with Crippen molar-refractivity contribution < 1.29 is 33.5 Å². The van der Waals surface area contributed by atoms with Gasteiger partial charge in [-0.25, -0.2) is 4.79 Å². The van der Waals surface area contributed by atoms with Crippen LogP contribution in [-0.2, 0) is 9.53 Å². The molecule has 1 fully saturated rings. The van der Waals surface area contributed by atoms with Gasteiger partial charge in [0.05, 0.1) is 18.1 Å². The average Bonchev–Trinajstić information content (AvgIpc) is 2.86. The highest BCUT2D eigenvalue weighted by molar-refractivity contribution is 5.96. The van der Waals surface area contributed by atoms with Crippen molar-refractivity contribution in [1.29, 1.82) is 0 Å². The third-order valence-corrected chi connectivity index (χ3v) is 5.47. The molecule has 0 N–H and O–H groups in total. The van der Waals surface area contributed by atoms with Crippen molar-refractivity contribution in [3.05, 3.63) is 52.1 Å². The lowest BCUT2D eigenvalue weighted by atomic mass is 10.1. The summed E-state index contributed by atoms with van der Waals surface area (Å²) in [7, 11) is 1.61. The SMILES string of the molecule is COc1ccc(N2CCN(C(=O)COC(=O)c3cc4c(cc3[N+](=O)[O-])OCCO4)CC2)cc1. The van der Waals surface area contributed by atoms with Gasteiger partial charge in [-0.15, -0.1) is 0 Å². The minimum absolute atomic E-state index is 0.190. The van der Waals surface area contributed by atoms with Crippen LogP contribution in [0, 0.1) is 10.1 Å². The Kier molecular flexibility index (Phi) is 6.48. The Morgan fingerprint density at radius 1 is 1.03 bits per heavy atom. The van der Waals surface area contributed by atoms with Gasteiger partial charge in [-0.1, -0.05) is 0 Å². The van der Waals surface area contributed by atoms with E-state index in [0.29, 0.717) is 26.2 Å². The largest absolute Gasteiger partial charge is 0.497 e. The number of nitro groups is 1. The molecule has 2 aromatic rings. The zero-order valence-corrected chi connectivity index (χ0v) is 18.0. The lowest BCUT2D eigenvalue weighted by Gasteiger charge is -2.36. The molecule has 2 aromatic carbocycles. The van der Waals surface area contributed by atoms with Crippen LogP contribution in [-0.4, -0.2) is 74.8 Å². The standard InChI is InChI=1S/C22H23N3O8/c1-30-16-4-2-15(3-5-16)23-6-8-24(9-7-23)21(26)14-33-22(27)17-12-19-20(32-11-10-31-19)13-18(17)25(28)29/h2-5,12-13H,6-11,14H2,1H3. The molecule has 174 valence electrons. The molecule has 0 radical (unpaired) electrons. The highest BCUT2D eigenvalue weighted by Gasteiger charge is 2.29. The fourth-order valence-corrected chi connectivity index (χ4v) is 3.70. The summed E-state index contributed by atoms with van der Waals surface area (Å²) in [6, 6.07) is 10.0. The van der Waals surface area contributed by atoms with Gasteiger partial charge in [0.15, 0.2) is 18.1 Å². The molecule has 1 saturated heterocycles. The number of amides is 1. The van der Waals surface area contributed by atoms with Crippen LogP contribution in [0.4, 0.5) is 11.4 Å². The van der Waals surface area contributed by atoms with E-state index in [2.05, 4.69) is 4.90 Å². The summed E-state index contributed by atoms with van der Waals surface area (Å²) in [5.41, 5.74) is 0.270. The zero-order chi connectivity index (χ0) is 23.4. The van der Waals surface area contributed by atoms with Crippen molar-refractivity contribution >= 4 is 23.3 Å². The topological polar surface area (TPSA) is 121 Å². The molecule has 0 spiro atoms. The van der Waals surface area contributed by atoms with Gasteiger partial charge in [-0.2, -0.15) is 0 Å². The number of nitro benzene ring substituents is 1. The number of piperazine rings is 1. The lowest BCUT2D eigenvalue weighted by Crippen LogP contribution is -2.49. The van der Waals surface area contributed by atoms with E-state index in [-0.39, 0.29) is 36.2 Å². The Hall–Kier alpha value is -4.02. The number of methoxy groups -OCH3 is 1. The number of nitrogens with zero attached hydrogens (tertiary/aromatic N) is 3. The number of carbonyl (C=O) groups is 2. The van der Waals surface area contributed by atoms with Gasteiger partial charge in [0.25, 0.3) is 11.6 Å². The fraction of sp³-hybridized carbons (Fsp3) is 0.364. The minimum Gasteiger partial charge on any atom is -0.497 e. The molecule has 0 aromatic heterocycles. The Labute approximate surface area is 189 Å². The Morgan fingerprint density at radius 3 is 2.27 bits per heavy atom. The summed E-state index contributed by atoms with van der Waals surface area (Å²) in [5.74, 6) is -0.149. The normalized spacial score (nSPS) is 15.1. The van der Waals surface area contributed by atoms with Gasteiger partial charge in [0, 0.05) is 37.9 Å². The van der Waals surface area contributed by atoms with Crippen LogP contribution in [0.5, 0.6) is 17.2 Å². The van der Waals surface area contributed by atoms with E-state index < -0.39 is 23.2 Å². The summed E-state index contributed by atoms with van der Waals surface area (Å²) in [6.45, 7) is 2.19. The second-order valence-electron chi connectivity index (χ2n) is 7.41. The molecule has 0 atom stereocenters. The van der Waals surface area contributed by atoms with E-state index in [1.54, 1.807) is 12.0 Å². The van der Waals surface area contributed by atoms with Crippen molar-refractivity contribution in [2.24, 2.45) is 0 Å². The van der Waals surface area contributed by atoms with Crippen LogP contribution in [0.25, 0.3) is 0 Å². The molecular formula is C22H23N3O8. The monoisotopic (exact) mass is 457 g/mol. The van der Waals surface area contributed by atoms with Crippen molar-refractivity contribution in [2.75, 3.05) is 58.0 Å². The summed E-state index contributed by atoms with van der Waals surface area (Å²) in [4.78, 5) is 39.5. The molecule has 2 aliphatic heterocycles. The summed E-state index contributed by atoms with van der Waals surface area (Å²) in [5, 5.41) is 11.4. The number of benzene rings is 2. The highest BCUT2D eigenvalue weighted by atomic mass is 16.6. The van der Waals surface area contributed by atoms with Crippen molar-refractivity contribution in [2.45, 2.75) is 0 Å². The first-order valence-corrected chi connectivity index (χ1v) is 10.4. The maximum atomic E-state index is 12.5. The van der Waals surface area contributed by atoms with Crippen molar-refractivity contribution in [3.8, 4) is 17.2 Å². The Bertz CT molecular complexity index is 1050. The molecule has 33 heavy (non-hydrogen) atoms. The first kappa shape index (κ1) is 22.2. The predicted octanol–water partition coefficient (Wildman–Crippen LogP) is 1.88. The quantitative estimate of drug-likeness (QED) is 0.364. The van der Waals surface area contributed by atoms with E-state index in [1.165, 1.54) is 6.07 Å². The number of carbonyl (C=O) groups excluding carboxylic acids is 2. The van der Waals surface area contributed by atoms with Crippen LogP contribution in [0.15, 0.2) is 36.4 Å². The van der Waals surface area contributed by atoms with Crippen LogP contribution in [0.2, 0.25) is 0 Å². The molecule has 2 aliphatic rings. The number of esters is 1. The molecule has 2 heterocycles. The smallest absolute Gasteiger partial charge is 0.345 e. The second-order valence-corrected chi connectivity index (χ2v) is 7.41. The summed E-state index contributed by atoms with van der Waals surface area (Å²) < 4.78 is 21.0. The number of ether oxygens (including phenoxy) is 4. The van der Waals surface area contributed by atoms with E-state index >= 15 is 0 Å². The van der Waals surface area contributed by atoms with Gasteiger partial charge in [-0.3, -0.25) is 14.9 Å². The van der Waals surface area contributed by atoms with E-state index in [1.807, 2.05) is 24.3 Å². The van der Waals surface area contributed by atoms with E-state index in [0.717, 1.165) is 17.5 Å². The number of hydrogen-bond acceptors (Lipinski definition) is 9.